The van der Waals surface area contributed by atoms with E-state index in [1.54, 1.807) is 0 Å². The van der Waals surface area contributed by atoms with Crippen molar-refractivity contribution in [2.24, 2.45) is 28.6 Å². The quantitative estimate of drug-likeness (QED) is 0.684. The maximum Gasteiger partial charge on any atom is 0.303 e. The molecule has 4 saturated carbocycles. The van der Waals surface area contributed by atoms with Crippen LogP contribution in [0.2, 0.25) is 0 Å². The zero-order chi connectivity index (χ0) is 21.4. The van der Waals surface area contributed by atoms with Crippen LogP contribution in [0.3, 0.4) is 0 Å². The van der Waals surface area contributed by atoms with E-state index in [0.717, 1.165) is 19.3 Å². The molecular weight excluding hydrogens is 372 g/mol. The van der Waals surface area contributed by atoms with Crippen LogP contribution in [0, 0.1) is 28.6 Å². The van der Waals surface area contributed by atoms with Crippen LogP contribution in [0.5, 0.6) is 0 Å². The predicted molar refractivity (Wildman–Crippen MR) is 105 cm³/mol. The monoisotopic (exact) mass is 406 g/mol. The van der Waals surface area contributed by atoms with Gasteiger partial charge in [-0.2, -0.15) is 0 Å². The molecule has 0 amide bonds. The fourth-order valence-corrected chi connectivity index (χ4v) is 7.98. The van der Waals surface area contributed by atoms with Gasteiger partial charge in [0.05, 0.1) is 0 Å². The molecule has 6 heteroatoms. The number of carbonyl (C=O) groups excluding carboxylic acids is 3. The summed E-state index contributed by atoms with van der Waals surface area (Å²) in [6, 6.07) is 0. The lowest BCUT2D eigenvalue weighted by atomic mass is 9.42. The first-order valence-corrected chi connectivity index (χ1v) is 11.0. The molecular formula is C23H34O6. The molecule has 8 atom stereocenters. The average Bonchev–Trinajstić information content (AvgIpc) is 2.90. The molecule has 0 heterocycles. The molecule has 6 nitrogen and oxygen atoms in total. The molecule has 4 rings (SSSR count). The number of ketones is 2. The third-order valence-electron chi connectivity index (χ3n) is 9.70. The number of ether oxygens (including phenoxy) is 1. The highest BCUT2D eigenvalue weighted by molar-refractivity contribution is 5.86. The Hall–Kier alpha value is -1.27. The standard InChI is InChI=1S/C23H34O6/c1-13(24)22(27)10-7-18-16-11-19(29-14(2)25)23(28)12-15(26)5-8-21(23,4)17(16)6-9-20(18,22)3/h16-19,27-28H,5-12H2,1-4H3/t16-,17+,18+,19+,20+,21-,22+,23+/m1/s1. The minimum atomic E-state index is -1.35. The molecule has 4 aliphatic carbocycles. The van der Waals surface area contributed by atoms with Crippen LogP contribution in [0.25, 0.3) is 0 Å². The average molecular weight is 407 g/mol. The summed E-state index contributed by atoms with van der Waals surface area (Å²) in [5.74, 6) is -0.142. The van der Waals surface area contributed by atoms with E-state index >= 15 is 0 Å². The second-order valence-corrected chi connectivity index (χ2v) is 10.7. The van der Waals surface area contributed by atoms with Gasteiger partial charge >= 0.3 is 5.97 Å². The Bertz CT molecular complexity index is 762. The van der Waals surface area contributed by atoms with Gasteiger partial charge in [-0.3, -0.25) is 14.4 Å². The Labute approximate surface area is 172 Å². The molecule has 4 fully saturated rings. The highest BCUT2D eigenvalue weighted by Gasteiger charge is 2.71. The van der Waals surface area contributed by atoms with Crippen LogP contribution in [-0.4, -0.2) is 45.1 Å². The largest absolute Gasteiger partial charge is 0.459 e. The van der Waals surface area contributed by atoms with Crippen LogP contribution in [0.1, 0.15) is 79.1 Å². The number of carbonyl (C=O) groups is 3. The van der Waals surface area contributed by atoms with E-state index in [0.29, 0.717) is 25.7 Å². The van der Waals surface area contributed by atoms with Gasteiger partial charge < -0.3 is 14.9 Å². The molecule has 4 aliphatic rings. The van der Waals surface area contributed by atoms with Crippen molar-refractivity contribution in [2.45, 2.75) is 96.4 Å². The van der Waals surface area contributed by atoms with E-state index in [1.807, 2.05) is 6.92 Å². The first kappa shape index (κ1) is 21.0. The summed E-state index contributed by atoms with van der Waals surface area (Å²) in [7, 11) is 0. The van der Waals surface area contributed by atoms with Crippen LogP contribution < -0.4 is 0 Å². The fraction of sp³-hybridized carbons (Fsp3) is 0.870. The van der Waals surface area contributed by atoms with E-state index in [4.69, 9.17) is 4.74 Å². The third-order valence-corrected chi connectivity index (χ3v) is 9.70. The van der Waals surface area contributed by atoms with Crippen LogP contribution in [-0.2, 0) is 19.1 Å². The van der Waals surface area contributed by atoms with E-state index in [2.05, 4.69) is 6.92 Å². The Morgan fingerprint density at radius 3 is 2.24 bits per heavy atom. The second kappa shape index (κ2) is 6.36. The molecule has 0 aliphatic heterocycles. The minimum Gasteiger partial charge on any atom is -0.459 e. The van der Waals surface area contributed by atoms with Crippen molar-refractivity contribution in [1.82, 2.24) is 0 Å². The van der Waals surface area contributed by atoms with Gasteiger partial charge in [0.25, 0.3) is 0 Å². The lowest BCUT2D eigenvalue weighted by Crippen LogP contribution is -2.69. The molecule has 0 aromatic rings. The van der Waals surface area contributed by atoms with Gasteiger partial charge in [0.2, 0.25) is 0 Å². The molecule has 29 heavy (non-hydrogen) atoms. The van der Waals surface area contributed by atoms with Gasteiger partial charge in [-0.25, -0.2) is 0 Å². The van der Waals surface area contributed by atoms with Crippen molar-refractivity contribution in [3.05, 3.63) is 0 Å². The van der Waals surface area contributed by atoms with Crippen molar-refractivity contribution in [2.75, 3.05) is 0 Å². The topological polar surface area (TPSA) is 101 Å². The summed E-state index contributed by atoms with van der Waals surface area (Å²) in [6.45, 7) is 6.92. The van der Waals surface area contributed by atoms with Gasteiger partial charge in [-0.1, -0.05) is 13.8 Å². The highest BCUT2D eigenvalue weighted by Crippen LogP contribution is 2.69. The lowest BCUT2D eigenvalue weighted by Gasteiger charge is -2.65. The number of hydrogen-bond donors (Lipinski definition) is 2. The molecule has 0 bridgehead atoms. The van der Waals surface area contributed by atoms with E-state index in [-0.39, 0.29) is 35.7 Å². The second-order valence-electron chi connectivity index (χ2n) is 10.7. The lowest BCUT2D eigenvalue weighted by molar-refractivity contribution is -0.258. The number of esters is 1. The first-order chi connectivity index (χ1) is 13.4. The van der Waals surface area contributed by atoms with Gasteiger partial charge in [0.15, 0.2) is 5.78 Å². The summed E-state index contributed by atoms with van der Waals surface area (Å²) in [5.41, 5.74) is -3.69. The minimum absolute atomic E-state index is 0.0213. The van der Waals surface area contributed by atoms with Crippen LogP contribution in [0.15, 0.2) is 0 Å². The van der Waals surface area contributed by atoms with Gasteiger partial charge in [0, 0.05) is 30.6 Å². The number of rotatable bonds is 2. The summed E-state index contributed by atoms with van der Waals surface area (Å²) in [6.07, 6.45) is 3.56. The smallest absolute Gasteiger partial charge is 0.303 e. The van der Waals surface area contributed by atoms with Gasteiger partial charge in [-0.05, 0) is 63.2 Å². The predicted octanol–water partition coefficient (Wildman–Crippen LogP) is 2.57. The maximum absolute atomic E-state index is 12.4. The number of Topliss-reactive ketones (excluding diaryl/α,β-unsaturated/α-hetero) is 2. The molecule has 0 aromatic carbocycles. The molecule has 0 spiro atoms. The first-order valence-electron chi connectivity index (χ1n) is 11.0. The third kappa shape index (κ3) is 2.57. The summed E-state index contributed by atoms with van der Waals surface area (Å²) in [4.78, 5) is 36.5. The normalized spacial score (nSPS) is 51.6. The van der Waals surface area contributed by atoms with E-state index in [9.17, 15) is 24.6 Å². The van der Waals surface area contributed by atoms with Crippen molar-refractivity contribution in [3.8, 4) is 0 Å². The Morgan fingerprint density at radius 1 is 1.00 bits per heavy atom. The summed E-state index contributed by atoms with van der Waals surface area (Å²) in [5, 5.41) is 23.0. The number of fused-ring (bicyclic) bond motifs is 5. The number of hydrogen-bond acceptors (Lipinski definition) is 6. The van der Waals surface area contributed by atoms with Gasteiger partial charge in [-0.15, -0.1) is 0 Å². The SMILES string of the molecule is CC(=O)O[C@H]1C[C@H]2[C@@H]3CC[C@](O)(C(C)=O)[C@@]3(C)CC[C@@H]2[C@@]2(C)CCC(=O)C[C@]12O. The Kier molecular flexibility index (Phi) is 4.60. The highest BCUT2D eigenvalue weighted by atomic mass is 16.6. The molecule has 2 N–H and O–H groups in total. The molecule has 0 unspecified atom stereocenters. The molecule has 0 radical (unpaired) electrons. The molecule has 162 valence electrons. The van der Waals surface area contributed by atoms with Crippen molar-refractivity contribution in [3.63, 3.8) is 0 Å². The van der Waals surface area contributed by atoms with Crippen molar-refractivity contribution in [1.29, 1.82) is 0 Å². The van der Waals surface area contributed by atoms with E-state index < -0.39 is 34.1 Å². The zero-order valence-corrected chi connectivity index (χ0v) is 18.0. The maximum atomic E-state index is 12.4. The summed E-state index contributed by atoms with van der Waals surface area (Å²) < 4.78 is 5.64. The van der Waals surface area contributed by atoms with Crippen LogP contribution >= 0.6 is 0 Å². The molecule has 0 aromatic heterocycles. The Morgan fingerprint density at radius 2 is 1.62 bits per heavy atom. The Balaban J connectivity index is 1.76. The van der Waals surface area contributed by atoms with Gasteiger partial charge in [0.1, 0.15) is 23.1 Å². The van der Waals surface area contributed by atoms with Crippen molar-refractivity contribution >= 4 is 17.5 Å². The summed E-state index contributed by atoms with van der Waals surface area (Å²) >= 11 is 0. The fourth-order valence-electron chi connectivity index (χ4n) is 7.98. The van der Waals surface area contributed by atoms with Crippen molar-refractivity contribution < 1.29 is 29.3 Å². The van der Waals surface area contributed by atoms with Crippen LogP contribution in [0.4, 0.5) is 0 Å². The zero-order valence-electron chi connectivity index (χ0n) is 18.0. The number of aliphatic hydroxyl groups is 2. The van der Waals surface area contributed by atoms with E-state index in [1.165, 1.54) is 13.8 Å². The molecule has 0 saturated heterocycles.